The van der Waals surface area contributed by atoms with Crippen molar-refractivity contribution in [1.82, 2.24) is 4.90 Å². The molecule has 2 N–H and O–H groups in total. The zero-order valence-electron chi connectivity index (χ0n) is 14.0. The molecule has 1 aliphatic rings. The fourth-order valence-electron chi connectivity index (χ4n) is 3.16. The number of likely N-dealkylation sites (tertiary alicyclic amines) is 1. The monoisotopic (exact) mass is 338 g/mol. The van der Waals surface area contributed by atoms with Gasteiger partial charge in [0, 0.05) is 18.8 Å². The number of anilines is 1. The zero-order valence-corrected chi connectivity index (χ0v) is 14.0. The molecule has 1 fully saturated rings. The van der Waals surface area contributed by atoms with Gasteiger partial charge in [-0.05, 0) is 55.0 Å². The molecule has 5 nitrogen and oxygen atoms in total. The molecule has 0 saturated carbocycles. The zero-order chi connectivity index (χ0) is 17.6. The van der Waals surface area contributed by atoms with Gasteiger partial charge in [0.15, 0.2) is 0 Å². The van der Waals surface area contributed by atoms with Crippen LogP contribution in [0.15, 0.2) is 54.6 Å². The number of benzene rings is 2. The molecule has 1 saturated heterocycles. The summed E-state index contributed by atoms with van der Waals surface area (Å²) in [4.78, 5) is 26.0. The first-order chi connectivity index (χ1) is 12.1. The van der Waals surface area contributed by atoms with Crippen molar-refractivity contribution in [2.75, 3.05) is 18.4 Å². The lowest BCUT2D eigenvalue weighted by Crippen LogP contribution is -2.44. The van der Waals surface area contributed by atoms with Crippen LogP contribution in [0.2, 0.25) is 0 Å². The standard InChI is InChI=1S/C20H22N2O3/c23-18-8-6-17(7-9-18)21-19(24)20(25)22-12-10-16(11-13-22)14-15-4-2-1-3-5-15/h1-9,16,23H,10-14H2,(H,21,24). The second kappa shape index (κ2) is 7.83. The molecule has 2 aromatic rings. The first-order valence-corrected chi connectivity index (χ1v) is 8.55. The van der Waals surface area contributed by atoms with Crippen molar-refractivity contribution in [3.05, 3.63) is 60.2 Å². The van der Waals surface area contributed by atoms with E-state index in [9.17, 15) is 14.7 Å². The van der Waals surface area contributed by atoms with Gasteiger partial charge in [-0.25, -0.2) is 0 Å². The lowest BCUT2D eigenvalue weighted by molar-refractivity contribution is -0.144. The molecular formula is C20H22N2O3. The van der Waals surface area contributed by atoms with Gasteiger partial charge in [-0.2, -0.15) is 0 Å². The molecule has 0 radical (unpaired) electrons. The predicted molar refractivity (Wildman–Crippen MR) is 96.2 cm³/mol. The third-order valence-corrected chi connectivity index (χ3v) is 4.59. The minimum Gasteiger partial charge on any atom is -0.508 e. The Morgan fingerprint density at radius 2 is 1.64 bits per heavy atom. The molecule has 0 aromatic heterocycles. The Morgan fingerprint density at radius 3 is 2.28 bits per heavy atom. The number of amides is 2. The second-order valence-corrected chi connectivity index (χ2v) is 6.43. The molecule has 0 unspecified atom stereocenters. The van der Waals surface area contributed by atoms with E-state index in [-0.39, 0.29) is 5.75 Å². The van der Waals surface area contributed by atoms with Crippen LogP contribution in [0.25, 0.3) is 0 Å². The number of aromatic hydroxyl groups is 1. The van der Waals surface area contributed by atoms with Crippen molar-refractivity contribution in [3.63, 3.8) is 0 Å². The Bertz CT molecular complexity index is 720. The highest BCUT2D eigenvalue weighted by Gasteiger charge is 2.27. The van der Waals surface area contributed by atoms with Gasteiger partial charge < -0.3 is 15.3 Å². The molecule has 0 bridgehead atoms. The molecule has 1 aliphatic heterocycles. The highest BCUT2D eigenvalue weighted by atomic mass is 16.3. The smallest absolute Gasteiger partial charge is 0.313 e. The van der Waals surface area contributed by atoms with Crippen molar-refractivity contribution in [2.45, 2.75) is 19.3 Å². The van der Waals surface area contributed by atoms with Gasteiger partial charge in [-0.15, -0.1) is 0 Å². The number of hydrogen-bond acceptors (Lipinski definition) is 3. The summed E-state index contributed by atoms with van der Waals surface area (Å²) in [5, 5.41) is 11.8. The topological polar surface area (TPSA) is 69.6 Å². The van der Waals surface area contributed by atoms with Gasteiger partial charge in [0.05, 0.1) is 0 Å². The van der Waals surface area contributed by atoms with Crippen LogP contribution in [0.4, 0.5) is 5.69 Å². The van der Waals surface area contributed by atoms with E-state index in [0.717, 1.165) is 19.3 Å². The Balaban J connectivity index is 1.49. The van der Waals surface area contributed by atoms with Crippen LogP contribution >= 0.6 is 0 Å². The lowest BCUT2D eigenvalue weighted by Gasteiger charge is -2.31. The maximum Gasteiger partial charge on any atom is 0.313 e. The highest BCUT2D eigenvalue weighted by Crippen LogP contribution is 2.22. The summed E-state index contributed by atoms with van der Waals surface area (Å²) in [5.74, 6) is -0.463. The minimum absolute atomic E-state index is 0.116. The van der Waals surface area contributed by atoms with Crippen LogP contribution in [0.3, 0.4) is 0 Å². The molecule has 130 valence electrons. The van der Waals surface area contributed by atoms with Crippen molar-refractivity contribution >= 4 is 17.5 Å². The number of rotatable bonds is 3. The van der Waals surface area contributed by atoms with Crippen LogP contribution < -0.4 is 5.32 Å². The van der Waals surface area contributed by atoms with E-state index in [1.165, 1.54) is 17.7 Å². The predicted octanol–water partition coefficient (Wildman–Crippen LogP) is 2.81. The number of carbonyl (C=O) groups excluding carboxylic acids is 2. The van der Waals surface area contributed by atoms with Gasteiger partial charge in [-0.3, -0.25) is 9.59 Å². The number of nitrogens with one attached hydrogen (secondary N) is 1. The van der Waals surface area contributed by atoms with E-state index in [2.05, 4.69) is 17.4 Å². The van der Waals surface area contributed by atoms with Crippen molar-refractivity contribution < 1.29 is 14.7 Å². The van der Waals surface area contributed by atoms with E-state index in [4.69, 9.17) is 0 Å². The van der Waals surface area contributed by atoms with Crippen molar-refractivity contribution in [2.24, 2.45) is 5.92 Å². The van der Waals surface area contributed by atoms with Crippen LogP contribution in [0.1, 0.15) is 18.4 Å². The fraction of sp³-hybridized carbons (Fsp3) is 0.300. The van der Waals surface area contributed by atoms with Gasteiger partial charge in [0.2, 0.25) is 0 Å². The number of nitrogens with zero attached hydrogens (tertiary/aromatic N) is 1. The van der Waals surface area contributed by atoms with Gasteiger partial charge >= 0.3 is 11.8 Å². The molecule has 25 heavy (non-hydrogen) atoms. The Morgan fingerprint density at radius 1 is 1.00 bits per heavy atom. The highest BCUT2D eigenvalue weighted by molar-refractivity contribution is 6.39. The largest absolute Gasteiger partial charge is 0.508 e. The maximum absolute atomic E-state index is 12.3. The normalized spacial score (nSPS) is 15.0. The van der Waals surface area contributed by atoms with Crippen molar-refractivity contribution in [1.29, 1.82) is 0 Å². The molecule has 0 aliphatic carbocycles. The SMILES string of the molecule is O=C(Nc1ccc(O)cc1)C(=O)N1CCC(Cc2ccccc2)CC1. The lowest BCUT2D eigenvalue weighted by atomic mass is 9.90. The fourth-order valence-corrected chi connectivity index (χ4v) is 3.16. The van der Waals surface area contributed by atoms with E-state index in [1.54, 1.807) is 17.0 Å². The van der Waals surface area contributed by atoms with Crippen LogP contribution in [-0.4, -0.2) is 34.9 Å². The van der Waals surface area contributed by atoms with E-state index in [0.29, 0.717) is 24.7 Å². The van der Waals surface area contributed by atoms with Gasteiger partial charge in [0.1, 0.15) is 5.75 Å². The molecule has 2 amide bonds. The first kappa shape index (κ1) is 17.0. The molecular weight excluding hydrogens is 316 g/mol. The summed E-state index contributed by atoms with van der Waals surface area (Å²) in [5.41, 5.74) is 1.81. The molecule has 5 heteroatoms. The average molecular weight is 338 g/mol. The summed E-state index contributed by atoms with van der Waals surface area (Å²) in [6.07, 6.45) is 2.84. The summed E-state index contributed by atoms with van der Waals surface area (Å²) >= 11 is 0. The second-order valence-electron chi connectivity index (χ2n) is 6.43. The molecule has 2 aromatic carbocycles. The molecule has 1 heterocycles. The third kappa shape index (κ3) is 4.59. The summed E-state index contributed by atoms with van der Waals surface area (Å²) in [6, 6.07) is 16.4. The van der Waals surface area contributed by atoms with E-state index < -0.39 is 11.8 Å². The maximum atomic E-state index is 12.3. The minimum atomic E-state index is -0.632. The van der Waals surface area contributed by atoms with E-state index in [1.807, 2.05) is 18.2 Å². The number of piperidine rings is 1. The summed E-state index contributed by atoms with van der Waals surface area (Å²) < 4.78 is 0. The van der Waals surface area contributed by atoms with Crippen LogP contribution in [0, 0.1) is 5.92 Å². The number of hydrogen-bond donors (Lipinski definition) is 2. The first-order valence-electron chi connectivity index (χ1n) is 8.55. The van der Waals surface area contributed by atoms with Gasteiger partial charge in [-0.1, -0.05) is 30.3 Å². The Labute approximate surface area is 147 Å². The van der Waals surface area contributed by atoms with Crippen molar-refractivity contribution in [3.8, 4) is 5.75 Å². The number of carbonyl (C=O) groups is 2. The summed E-state index contributed by atoms with van der Waals surface area (Å²) in [6.45, 7) is 1.22. The quantitative estimate of drug-likeness (QED) is 0.668. The van der Waals surface area contributed by atoms with Crippen LogP contribution in [-0.2, 0) is 16.0 Å². The van der Waals surface area contributed by atoms with Gasteiger partial charge in [0.25, 0.3) is 0 Å². The molecule has 0 atom stereocenters. The average Bonchev–Trinajstić information content (AvgIpc) is 2.64. The number of phenols is 1. The molecule has 0 spiro atoms. The Kier molecular flexibility index (Phi) is 5.33. The van der Waals surface area contributed by atoms with E-state index >= 15 is 0 Å². The summed E-state index contributed by atoms with van der Waals surface area (Å²) in [7, 11) is 0. The third-order valence-electron chi connectivity index (χ3n) is 4.59. The Hall–Kier alpha value is -2.82. The number of phenolic OH excluding ortho intramolecular Hbond substituents is 1. The van der Waals surface area contributed by atoms with Crippen LogP contribution in [0.5, 0.6) is 5.75 Å². The molecule has 3 rings (SSSR count).